The fourth-order valence-corrected chi connectivity index (χ4v) is 3.98. The summed E-state index contributed by atoms with van der Waals surface area (Å²) in [6, 6.07) is 10.3. The van der Waals surface area contributed by atoms with Crippen molar-refractivity contribution in [3.05, 3.63) is 35.9 Å². The summed E-state index contributed by atoms with van der Waals surface area (Å²) in [4.78, 5) is 12.1. The second-order valence-corrected chi connectivity index (χ2v) is 7.29. The molecular formula is C19H28N2O3. The Bertz CT molecular complexity index is 547. The van der Waals surface area contributed by atoms with Crippen LogP contribution in [0.3, 0.4) is 0 Å². The van der Waals surface area contributed by atoms with Crippen LogP contribution in [0.1, 0.15) is 25.8 Å². The largest absolute Gasteiger partial charge is 0.379 e. The molecule has 0 radical (unpaired) electrons. The van der Waals surface area contributed by atoms with Gasteiger partial charge in [-0.3, -0.25) is 0 Å². The molecule has 3 unspecified atom stereocenters. The molecular weight excluding hydrogens is 304 g/mol. The molecule has 1 aliphatic heterocycles. The zero-order valence-corrected chi connectivity index (χ0v) is 14.6. The molecule has 132 valence electrons. The molecule has 3 atom stereocenters. The van der Waals surface area contributed by atoms with Gasteiger partial charge in [-0.05, 0) is 18.4 Å². The zero-order chi connectivity index (χ0) is 17.0. The van der Waals surface area contributed by atoms with Gasteiger partial charge in [0.25, 0.3) is 0 Å². The van der Waals surface area contributed by atoms with Crippen LogP contribution in [0.5, 0.6) is 0 Å². The van der Waals surface area contributed by atoms with Gasteiger partial charge in [0.2, 0.25) is 0 Å². The van der Waals surface area contributed by atoms with E-state index in [-0.39, 0.29) is 17.5 Å². The van der Waals surface area contributed by atoms with Crippen LogP contribution in [0, 0.1) is 11.3 Å². The third kappa shape index (κ3) is 3.73. The fourth-order valence-electron chi connectivity index (χ4n) is 3.98. The number of carbonyl (C=O) groups excluding carboxylic acids is 1. The van der Waals surface area contributed by atoms with Gasteiger partial charge in [-0.2, -0.15) is 0 Å². The van der Waals surface area contributed by atoms with Crippen LogP contribution in [0.25, 0.3) is 0 Å². The lowest BCUT2D eigenvalue weighted by atomic mass is 9.57. The molecule has 1 aromatic carbocycles. The molecule has 5 heteroatoms. The Kier molecular flexibility index (Phi) is 5.41. The molecule has 3 rings (SSSR count). The number of ether oxygens (including phenoxy) is 2. The van der Waals surface area contributed by atoms with Crippen LogP contribution < -0.4 is 10.6 Å². The van der Waals surface area contributed by atoms with E-state index < -0.39 is 0 Å². The van der Waals surface area contributed by atoms with Gasteiger partial charge in [0, 0.05) is 30.5 Å². The van der Waals surface area contributed by atoms with Crippen molar-refractivity contribution < 1.29 is 14.3 Å². The van der Waals surface area contributed by atoms with Crippen LogP contribution in [-0.2, 0) is 15.9 Å². The van der Waals surface area contributed by atoms with Crippen molar-refractivity contribution in [3.8, 4) is 0 Å². The minimum atomic E-state index is -0.106. The summed E-state index contributed by atoms with van der Waals surface area (Å²) in [6.45, 7) is 6.87. The highest BCUT2D eigenvalue weighted by Gasteiger charge is 2.59. The molecule has 1 saturated carbocycles. The standard InChI is InChI=1S/C19H28N2O3/c1-19(2)16(15-9-12-24-17(15)19)21-18(22)20-10-13-23-11-8-14-6-4-3-5-7-14/h3-7,15-17H,8-13H2,1-2H3,(H2,20,21,22). The summed E-state index contributed by atoms with van der Waals surface area (Å²) in [5.74, 6) is 0.466. The van der Waals surface area contributed by atoms with Gasteiger partial charge in [0.15, 0.2) is 0 Å². The van der Waals surface area contributed by atoms with E-state index in [4.69, 9.17) is 9.47 Å². The van der Waals surface area contributed by atoms with Crippen molar-refractivity contribution in [2.75, 3.05) is 26.4 Å². The summed E-state index contributed by atoms with van der Waals surface area (Å²) in [5, 5.41) is 5.99. The number of hydrogen-bond donors (Lipinski definition) is 2. The predicted octanol–water partition coefficient (Wildman–Crippen LogP) is 2.36. The second-order valence-electron chi connectivity index (χ2n) is 7.29. The molecule has 2 fully saturated rings. The van der Waals surface area contributed by atoms with E-state index in [0.717, 1.165) is 19.4 Å². The summed E-state index contributed by atoms with van der Waals surface area (Å²) in [6.07, 6.45) is 2.23. The number of hydrogen-bond acceptors (Lipinski definition) is 3. The minimum Gasteiger partial charge on any atom is -0.379 e. The van der Waals surface area contributed by atoms with Gasteiger partial charge in [0.1, 0.15) is 0 Å². The molecule has 1 saturated heterocycles. The molecule has 1 heterocycles. The quantitative estimate of drug-likeness (QED) is 0.754. The average Bonchev–Trinajstić information content (AvgIpc) is 3.04. The third-order valence-electron chi connectivity index (χ3n) is 5.30. The maximum atomic E-state index is 12.1. The maximum absolute atomic E-state index is 12.1. The topological polar surface area (TPSA) is 59.6 Å². The molecule has 2 N–H and O–H groups in total. The average molecular weight is 332 g/mol. The molecule has 2 amide bonds. The summed E-state index contributed by atoms with van der Waals surface area (Å²) >= 11 is 0. The van der Waals surface area contributed by atoms with Gasteiger partial charge in [-0.25, -0.2) is 4.79 Å². The van der Waals surface area contributed by atoms with E-state index >= 15 is 0 Å². The normalized spacial score (nSPS) is 27.2. The highest BCUT2D eigenvalue weighted by Crippen LogP contribution is 2.51. The lowest BCUT2D eigenvalue weighted by molar-refractivity contribution is -0.108. The highest BCUT2D eigenvalue weighted by molar-refractivity contribution is 5.74. The van der Waals surface area contributed by atoms with Crippen molar-refractivity contribution in [2.45, 2.75) is 38.8 Å². The van der Waals surface area contributed by atoms with Gasteiger partial charge >= 0.3 is 6.03 Å². The van der Waals surface area contributed by atoms with E-state index in [1.165, 1.54) is 5.56 Å². The zero-order valence-electron chi connectivity index (χ0n) is 14.6. The Morgan fingerprint density at radius 3 is 2.88 bits per heavy atom. The van der Waals surface area contributed by atoms with Crippen LogP contribution in [-0.4, -0.2) is 44.5 Å². The van der Waals surface area contributed by atoms with Crippen molar-refractivity contribution in [3.63, 3.8) is 0 Å². The van der Waals surface area contributed by atoms with Crippen LogP contribution in [0.15, 0.2) is 30.3 Å². The molecule has 5 nitrogen and oxygen atoms in total. The predicted molar refractivity (Wildman–Crippen MR) is 92.9 cm³/mol. The van der Waals surface area contributed by atoms with E-state index in [9.17, 15) is 4.79 Å². The lowest BCUT2D eigenvalue weighted by Crippen LogP contribution is -2.67. The third-order valence-corrected chi connectivity index (χ3v) is 5.30. The Morgan fingerprint density at radius 1 is 1.29 bits per heavy atom. The fraction of sp³-hybridized carbons (Fsp3) is 0.632. The first-order valence-electron chi connectivity index (χ1n) is 8.86. The molecule has 1 aliphatic carbocycles. The minimum absolute atomic E-state index is 0.0185. The van der Waals surface area contributed by atoms with E-state index in [1.54, 1.807) is 0 Å². The van der Waals surface area contributed by atoms with Gasteiger partial charge < -0.3 is 20.1 Å². The highest BCUT2D eigenvalue weighted by atomic mass is 16.5. The Morgan fingerprint density at radius 2 is 2.08 bits per heavy atom. The number of amides is 2. The Labute approximate surface area is 144 Å². The number of rotatable bonds is 7. The first-order valence-corrected chi connectivity index (χ1v) is 8.86. The van der Waals surface area contributed by atoms with Gasteiger partial charge in [-0.15, -0.1) is 0 Å². The Hall–Kier alpha value is -1.59. The van der Waals surface area contributed by atoms with E-state index in [0.29, 0.717) is 31.8 Å². The first-order chi connectivity index (χ1) is 11.6. The van der Waals surface area contributed by atoms with E-state index in [2.05, 4.69) is 36.6 Å². The van der Waals surface area contributed by atoms with Crippen molar-refractivity contribution in [2.24, 2.45) is 11.3 Å². The summed E-state index contributed by atoms with van der Waals surface area (Å²) in [5.41, 5.74) is 1.29. The van der Waals surface area contributed by atoms with Crippen molar-refractivity contribution in [1.82, 2.24) is 10.6 Å². The van der Waals surface area contributed by atoms with Gasteiger partial charge in [-0.1, -0.05) is 44.2 Å². The molecule has 0 bridgehead atoms. The number of nitrogens with one attached hydrogen (secondary N) is 2. The molecule has 2 aliphatic rings. The summed E-state index contributed by atoms with van der Waals surface area (Å²) < 4.78 is 11.3. The second kappa shape index (κ2) is 7.53. The lowest BCUT2D eigenvalue weighted by Gasteiger charge is -2.54. The number of urea groups is 1. The van der Waals surface area contributed by atoms with Crippen molar-refractivity contribution >= 4 is 6.03 Å². The molecule has 24 heavy (non-hydrogen) atoms. The maximum Gasteiger partial charge on any atom is 0.315 e. The SMILES string of the molecule is CC1(C)C(NC(=O)NCCOCCc2ccccc2)C2CCOC21. The first kappa shape index (κ1) is 17.2. The molecule has 0 spiro atoms. The molecule has 0 aromatic heterocycles. The number of carbonyl (C=O) groups is 1. The Balaban J connectivity index is 1.28. The smallest absolute Gasteiger partial charge is 0.315 e. The number of benzene rings is 1. The van der Waals surface area contributed by atoms with Crippen LogP contribution >= 0.6 is 0 Å². The molecule has 1 aromatic rings. The number of fused-ring (bicyclic) bond motifs is 1. The van der Waals surface area contributed by atoms with Crippen molar-refractivity contribution in [1.29, 1.82) is 0 Å². The van der Waals surface area contributed by atoms with E-state index in [1.807, 2.05) is 18.2 Å². The monoisotopic (exact) mass is 332 g/mol. The van der Waals surface area contributed by atoms with Crippen LogP contribution in [0.2, 0.25) is 0 Å². The summed E-state index contributed by atoms with van der Waals surface area (Å²) in [7, 11) is 0. The van der Waals surface area contributed by atoms with Gasteiger partial charge in [0.05, 0.1) is 19.3 Å². The van der Waals surface area contributed by atoms with Crippen LogP contribution in [0.4, 0.5) is 4.79 Å².